The number of methoxy groups -OCH3 is 1. The summed E-state index contributed by atoms with van der Waals surface area (Å²) in [7, 11) is 1.51. The highest BCUT2D eigenvalue weighted by Crippen LogP contribution is 2.27. The second-order valence-corrected chi connectivity index (χ2v) is 4.00. The molecule has 4 heteroatoms. The van der Waals surface area contributed by atoms with Gasteiger partial charge in [0, 0.05) is 10.0 Å². The Morgan fingerprint density at radius 1 is 1.31 bits per heavy atom. The molecule has 70 valence electrons. The maximum Gasteiger partial charge on any atom is 0.145 e. The topological polar surface area (TPSA) is 9.23 Å². The van der Waals surface area contributed by atoms with Crippen LogP contribution in [0.25, 0.3) is 6.08 Å². The molecule has 0 unspecified atom stereocenters. The first-order chi connectivity index (χ1) is 6.16. The molecule has 0 aromatic heterocycles. The molecule has 0 aliphatic carbocycles. The molecule has 1 nitrogen and oxygen atoms in total. The highest BCUT2D eigenvalue weighted by molar-refractivity contribution is 9.11. The van der Waals surface area contributed by atoms with E-state index in [-0.39, 0.29) is 5.82 Å². The molecule has 0 spiro atoms. The molecule has 0 saturated carbocycles. The second kappa shape index (κ2) is 4.77. The van der Waals surface area contributed by atoms with Crippen molar-refractivity contribution < 1.29 is 9.13 Å². The number of hydrogen-bond acceptors (Lipinski definition) is 1. The van der Waals surface area contributed by atoms with Gasteiger partial charge in [-0.1, -0.05) is 15.9 Å². The zero-order valence-corrected chi connectivity index (χ0v) is 10.0. The normalized spacial score (nSPS) is 10.8. The van der Waals surface area contributed by atoms with Gasteiger partial charge in [-0.3, -0.25) is 0 Å². The third-order valence-electron chi connectivity index (χ3n) is 1.45. The first kappa shape index (κ1) is 10.7. The minimum Gasteiger partial charge on any atom is -0.504 e. The van der Waals surface area contributed by atoms with E-state index >= 15 is 0 Å². The van der Waals surface area contributed by atoms with Crippen LogP contribution in [0.15, 0.2) is 27.3 Å². The van der Waals surface area contributed by atoms with Gasteiger partial charge < -0.3 is 4.74 Å². The molecule has 0 fully saturated rings. The van der Waals surface area contributed by atoms with Gasteiger partial charge in [-0.05, 0) is 34.1 Å². The summed E-state index contributed by atoms with van der Waals surface area (Å²) >= 11 is 6.35. The van der Waals surface area contributed by atoms with E-state index in [9.17, 15) is 4.39 Å². The second-order valence-electron chi connectivity index (χ2n) is 2.30. The molecule has 0 heterocycles. The van der Waals surface area contributed by atoms with E-state index in [2.05, 4.69) is 31.9 Å². The molecule has 0 N–H and O–H groups in total. The fraction of sp³-hybridized carbons (Fsp3) is 0.111. The Hall–Kier alpha value is -0.350. The van der Waals surface area contributed by atoms with Crippen LogP contribution in [0.2, 0.25) is 0 Å². The van der Waals surface area contributed by atoms with Gasteiger partial charge in [0.25, 0.3) is 0 Å². The van der Waals surface area contributed by atoms with E-state index in [0.717, 1.165) is 0 Å². The highest BCUT2D eigenvalue weighted by Gasteiger charge is 2.07. The van der Waals surface area contributed by atoms with Crippen LogP contribution in [0, 0.1) is 5.82 Å². The minimum atomic E-state index is -0.303. The maximum atomic E-state index is 13.4. The lowest BCUT2D eigenvalue weighted by atomic mass is 10.2. The van der Waals surface area contributed by atoms with E-state index in [1.165, 1.54) is 13.4 Å². The van der Waals surface area contributed by atoms with E-state index in [1.54, 1.807) is 18.2 Å². The average molecular weight is 310 g/mol. The summed E-state index contributed by atoms with van der Waals surface area (Å²) < 4.78 is 19.2. The zero-order valence-electron chi connectivity index (χ0n) is 6.85. The summed E-state index contributed by atoms with van der Waals surface area (Å²) in [6.45, 7) is 0. The van der Waals surface area contributed by atoms with Crippen LogP contribution in [-0.2, 0) is 4.74 Å². The van der Waals surface area contributed by atoms with Gasteiger partial charge in [0.15, 0.2) is 0 Å². The summed E-state index contributed by atoms with van der Waals surface area (Å²) in [4.78, 5) is 0. The number of rotatable bonds is 2. The lowest BCUT2D eigenvalue weighted by molar-refractivity contribution is 0.341. The van der Waals surface area contributed by atoms with Crippen molar-refractivity contribution in [1.29, 1.82) is 0 Å². The fourth-order valence-electron chi connectivity index (χ4n) is 0.832. The standard InChI is InChI=1S/C9H7Br2FO/c1-13-5-4-6-7(10)2-3-8(11)9(6)12/h2-5H,1H3. The fourth-order valence-corrected chi connectivity index (χ4v) is 1.62. The van der Waals surface area contributed by atoms with Gasteiger partial charge in [-0.2, -0.15) is 0 Å². The monoisotopic (exact) mass is 308 g/mol. The van der Waals surface area contributed by atoms with E-state index in [1.807, 2.05) is 0 Å². The number of halogens is 3. The summed E-state index contributed by atoms with van der Waals surface area (Å²) in [6.07, 6.45) is 2.99. The zero-order chi connectivity index (χ0) is 9.84. The van der Waals surface area contributed by atoms with Crippen molar-refractivity contribution >= 4 is 37.9 Å². The van der Waals surface area contributed by atoms with Crippen LogP contribution < -0.4 is 0 Å². The summed E-state index contributed by atoms with van der Waals surface area (Å²) in [5.41, 5.74) is 0.469. The Kier molecular flexibility index (Phi) is 3.93. The van der Waals surface area contributed by atoms with Crippen LogP contribution >= 0.6 is 31.9 Å². The first-order valence-corrected chi connectivity index (χ1v) is 5.08. The van der Waals surface area contributed by atoms with Crippen LogP contribution in [0.3, 0.4) is 0 Å². The van der Waals surface area contributed by atoms with E-state index in [0.29, 0.717) is 14.5 Å². The van der Waals surface area contributed by atoms with E-state index < -0.39 is 0 Å². The molecule has 1 aromatic rings. The molecule has 0 aliphatic heterocycles. The molecule has 0 bridgehead atoms. The molecule has 0 aliphatic rings. The predicted octanol–water partition coefficient (Wildman–Crippen LogP) is 3.97. The molecule has 13 heavy (non-hydrogen) atoms. The van der Waals surface area contributed by atoms with Gasteiger partial charge in [0.05, 0.1) is 17.8 Å². The van der Waals surface area contributed by atoms with Crippen LogP contribution in [-0.4, -0.2) is 7.11 Å². The van der Waals surface area contributed by atoms with Crippen molar-refractivity contribution in [3.8, 4) is 0 Å². The van der Waals surface area contributed by atoms with Gasteiger partial charge in [0.1, 0.15) is 5.82 Å². The largest absolute Gasteiger partial charge is 0.504 e. The molecule has 0 atom stereocenters. The molecule has 1 aromatic carbocycles. The van der Waals surface area contributed by atoms with Crippen molar-refractivity contribution in [1.82, 2.24) is 0 Å². The van der Waals surface area contributed by atoms with Crippen molar-refractivity contribution in [2.24, 2.45) is 0 Å². The first-order valence-electron chi connectivity index (χ1n) is 3.49. The summed E-state index contributed by atoms with van der Waals surface area (Å²) in [5.74, 6) is -0.303. The Balaban J connectivity index is 3.17. The lowest BCUT2D eigenvalue weighted by Gasteiger charge is -2.02. The third-order valence-corrected chi connectivity index (χ3v) is 2.75. The quantitative estimate of drug-likeness (QED) is 0.593. The van der Waals surface area contributed by atoms with Gasteiger partial charge in [-0.15, -0.1) is 0 Å². The number of benzene rings is 1. The average Bonchev–Trinajstić information content (AvgIpc) is 2.12. The van der Waals surface area contributed by atoms with Crippen LogP contribution in [0.4, 0.5) is 4.39 Å². The summed E-state index contributed by atoms with van der Waals surface area (Å²) in [6, 6.07) is 3.41. The van der Waals surface area contributed by atoms with E-state index in [4.69, 9.17) is 4.74 Å². The Morgan fingerprint density at radius 2 is 1.92 bits per heavy atom. The smallest absolute Gasteiger partial charge is 0.145 e. The molecule has 0 radical (unpaired) electrons. The van der Waals surface area contributed by atoms with Gasteiger partial charge in [0.2, 0.25) is 0 Å². The summed E-state index contributed by atoms with van der Waals surface area (Å²) in [5, 5.41) is 0. The predicted molar refractivity (Wildman–Crippen MR) is 57.8 cm³/mol. The van der Waals surface area contributed by atoms with Crippen molar-refractivity contribution in [3.05, 3.63) is 38.7 Å². The lowest BCUT2D eigenvalue weighted by Crippen LogP contribution is -1.85. The van der Waals surface area contributed by atoms with Crippen molar-refractivity contribution in [3.63, 3.8) is 0 Å². The van der Waals surface area contributed by atoms with Crippen LogP contribution in [0.5, 0.6) is 0 Å². The number of ether oxygens (including phenoxy) is 1. The molecule has 1 rings (SSSR count). The van der Waals surface area contributed by atoms with Crippen molar-refractivity contribution in [2.75, 3.05) is 7.11 Å². The van der Waals surface area contributed by atoms with Crippen molar-refractivity contribution in [2.45, 2.75) is 0 Å². The SMILES string of the molecule is COC=Cc1c(Br)ccc(Br)c1F. The Bertz CT molecular complexity index is 337. The Morgan fingerprint density at radius 3 is 2.54 bits per heavy atom. The molecule has 0 amide bonds. The Labute approximate surface area is 92.9 Å². The van der Waals surface area contributed by atoms with Gasteiger partial charge in [-0.25, -0.2) is 4.39 Å². The van der Waals surface area contributed by atoms with Gasteiger partial charge >= 0.3 is 0 Å². The third kappa shape index (κ3) is 2.54. The highest BCUT2D eigenvalue weighted by atomic mass is 79.9. The molecular weight excluding hydrogens is 303 g/mol. The van der Waals surface area contributed by atoms with Crippen LogP contribution in [0.1, 0.15) is 5.56 Å². The maximum absolute atomic E-state index is 13.4. The molecule has 0 saturated heterocycles. The molecular formula is C9H7Br2FO. The number of hydrogen-bond donors (Lipinski definition) is 0. The minimum absolute atomic E-state index is 0.303.